The van der Waals surface area contributed by atoms with Crippen LogP contribution in [-0.4, -0.2) is 4.57 Å². The van der Waals surface area contributed by atoms with E-state index in [0.717, 1.165) is 22.7 Å². The minimum atomic E-state index is -0.618. The van der Waals surface area contributed by atoms with Gasteiger partial charge in [-0.05, 0) is 118 Å². The number of aryl methyl sites for hydroxylation is 2. The molecule has 0 fully saturated rings. The molecule has 1 aliphatic rings. The largest absolute Gasteiger partial charge is 0.309 e. The fraction of sp³-hybridized carbons (Fsp3) is 0.0508. The van der Waals surface area contributed by atoms with Crippen LogP contribution in [0.4, 0.5) is 17.1 Å². The first kappa shape index (κ1) is 35.3. The topological polar surface area (TPSA) is 8.17 Å². The molecule has 1 aromatic heterocycles. The highest BCUT2D eigenvalue weighted by molar-refractivity contribution is 6.10. The molecule has 0 spiro atoms. The maximum Gasteiger partial charge on any atom is 0.0715 e. The van der Waals surface area contributed by atoms with E-state index >= 15 is 0 Å². The summed E-state index contributed by atoms with van der Waals surface area (Å²) < 4.78 is 2.49. The van der Waals surface area contributed by atoms with Gasteiger partial charge >= 0.3 is 0 Å². The lowest BCUT2D eigenvalue weighted by Crippen LogP contribution is -2.29. The third kappa shape index (κ3) is 5.29. The van der Waals surface area contributed by atoms with Crippen LogP contribution in [0.2, 0.25) is 0 Å². The summed E-state index contributed by atoms with van der Waals surface area (Å²) in [5, 5.41) is 7.39. The number of hydrogen-bond acceptors (Lipinski definition) is 1. The Morgan fingerprint density at radius 2 is 0.852 bits per heavy atom. The van der Waals surface area contributed by atoms with E-state index in [1.807, 2.05) is 0 Å². The minimum Gasteiger partial charge on any atom is -0.309 e. The van der Waals surface area contributed by atoms with Crippen molar-refractivity contribution in [2.75, 3.05) is 4.90 Å². The number of anilines is 3. The van der Waals surface area contributed by atoms with Gasteiger partial charge in [-0.2, -0.15) is 0 Å². The standard InChI is InChI=1S/C59H42N2/c1-39-27-31-51-52-32-28-40(2)36-58(52)61(57(51)35-39)46-30-34-50-49-33-29-45(37-53(49)59(54(50)38-46,43-19-5-3-6-20-43)44-21-7-4-8-22-44)60(55-25-13-17-41-15-9-11-23-47(41)55)56-26-14-18-42-16-10-12-24-48(42)56/h3-38H,1-2H3. The Bertz CT molecular complexity index is 3320. The van der Waals surface area contributed by atoms with Crippen molar-refractivity contribution < 1.29 is 0 Å². The first-order chi connectivity index (χ1) is 30.1. The lowest BCUT2D eigenvalue weighted by Gasteiger charge is -2.35. The van der Waals surface area contributed by atoms with Gasteiger partial charge in [-0.25, -0.2) is 0 Å². The zero-order chi connectivity index (χ0) is 40.7. The normalized spacial score (nSPS) is 12.9. The summed E-state index contributed by atoms with van der Waals surface area (Å²) in [5.74, 6) is 0. The Balaban J connectivity index is 1.17. The van der Waals surface area contributed by atoms with Crippen LogP contribution in [0.3, 0.4) is 0 Å². The van der Waals surface area contributed by atoms with Crippen molar-refractivity contribution in [2.45, 2.75) is 19.3 Å². The van der Waals surface area contributed by atoms with Crippen LogP contribution in [0, 0.1) is 13.8 Å². The maximum absolute atomic E-state index is 2.49. The van der Waals surface area contributed by atoms with Gasteiger partial charge in [0.2, 0.25) is 0 Å². The molecule has 0 bridgehead atoms. The summed E-state index contributed by atoms with van der Waals surface area (Å²) in [5.41, 5.74) is 16.5. The van der Waals surface area contributed by atoms with Gasteiger partial charge in [0.15, 0.2) is 0 Å². The summed E-state index contributed by atoms with van der Waals surface area (Å²) >= 11 is 0. The molecular formula is C59H42N2. The Hall–Kier alpha value is -7.68. The lowest BCUT2D eigenvalue weighted by molar-refractivity contribution is 0.767. The summed E-state index contributed by atoms with van der Waals surface area (Å²) in [6.45, 7) is 4.39. The zero-order valence-corrected chi connectivity index (χ0v) is 34.2. The summed E-state index contributed by atoms with van der Waals surface area (Å²) in [6, 6.07) is 81.4. The predicted molar refractivity (Wildman–Crippen MR) is 257 cm³/mol. The molecule has 12 rings (SSSR count). The number of aromatic nitrogens is 1. The molecule has 61 heavy (non-hydrogen) atoms. The van der Waals surface area contributed by atoms with Crippen molar-refractivity contribution >= 4 is 60.4 Å². The van der Waals surface area contributed by atoms with E-state index in [4.69, 9.17) is 0 Å². The monoisotopic (exact) mass is 778 g/mol. The van der Waals surface area contributed by atoms with Crippen LogP contribution in [-0.2, 0) is 5.41 Å². The zero-order valence-electron chi connectivity index (χ0n) is 34.2. The van der Waals surface area contributed by atoms with Crippen molar-refractivity contribution in [3.05, 3.63) is 252 Å². The van der Waals surface area contributed by atoms with Crippen molar-refractivity contribution in [1.82, 2.24) is 4.57 Å². The third-order valence-electron chi connectivity index (χ3n) is 13.1. The van der Waals surface area contributed by atoms with E-state index in [0.29, 0.717) is 0 Å². The Morgan fingerprint density at radius 3 is 1.41 bits per heavy atom. The number of benzene rings is 10. The minimum absolute atomic E-state index is 0.618. The summed E-state index contributed by atoms with van der Waals surface area (Å²) in [6.07, 6.45) is 0. The average Bonchev–Trinajstić information content (AvgIpc) is 3.78. The highest BCUT2D eigenvalue weighted by Gasteiger charge is 2.47. The number of hydrogen-bond donors (Lipinski definition) is 0. The first-order valence-corrected chi connectivity index (χ1v) is 21.3. The molecular weight excluding hydrogens is 737 g/mol. The number of nitrogens with zero attached hydrogens (tertiary/aromatic N) is 2. The molecule has 1 aliphatic carbocycles. The maximum atomic E-state index is 2.49. The second kappa shape index (κ2) is 13.7. The molecule has 0 N–H and O–H groups in total. The van der Waals surface area contributed by atoms with Gasteiger partial charge in [-0.3, -0.25) is 0 Å². The van der Waals surface area contributed by atoms with Gasteiger partial charge < -0.3 is 9.47 Å². The van der Waals surface area contributed by atoms with Crippen LogP contribution in [0.1, 0.15) is 33.4 Å². The van der Waals surface area contributed by atoms with E-state index in [1.165, 1.54) is 87.9 Å². The molecule has 0 saturated carbocycles. The van der Waals surface area contributed by atoms with E-state index in [-0.39, 0.29) is 0 Å². The Morgan fingerprint density at radius 1 is 0.377 bits per heavy atom. The van der Waals surface area contributed by atoms with Gasteiger partial charge in [0, 0.05) is 32.9 Å². The summed E-state index contributed by atoms with van der Waals surface area (Å²) in [4.78, 5) is 2.49. The van der Waals surface area contributed by atoms with Gasteiger partial charge in [0.25, 0.3) is 0 Å². The Kier molecular flexibility index (Phi) is 7.92. The molecule has 0 unspecified atom stereocenters. The lowest BCUT2D eigenvalue weighted by atomic mass is 9.67. The Labute approximate surface area is 356 Å². The van der Waals surface area contributed by atoms with E-state index in [9.17, 15) is 0 Å². The second-order valence-corrected chi connectivity index (χ2v) is 16.7. The highest BCUT2D eigenvalue weighted by atomic mass is 15.1. The quantitative estimate of drug-likeness (QED) is 0.163. The van der Waals surface area contributed by atoms with Gasteiger partial charge in [-0.15, -0.1) is 0 Å². The van der Waals surface area contributed by atoms with Crippen molar-refractivity contribution in [2.24, 2.45) is 0 Å². The molecule has 0 radical (unpaired) electrons. The van der Waals surface area contributed by atoms with E-state index in [2.05, 4.69) is 242 Å². The summed E-state index contributed by atoms with van der Waals surface area (Å²) in [7, 11) is 0. The van der Waals surface area contributed by atoms with Crippen LogP contribution < -0.4 is 4.90 Å². The molecule has 0 aliphatic heterocycles. The van der Waals surface area contributed by atoms with Gasteiger partial charge in [0.1, 0.15) is 0 Å². The average molecular weight is 779 g/mol. The molecule has 11 aromatic rings. The van der Waals surface area contributed by atoms with Crippen LogP contribution in [0.5, 0.6) is 0 Å². The fourth-order valence-electron chi connectivity index (χ4n) is 10.5. The molecule has 0 saturated heterocycles. The molecule has 10 aromatic carbocycles. The molecule has 288 valence electrons. The second-order valence-electron chi connectivity index (χ2n) is 16.7. The third-order valence-corrected chi connectivity index (χ3v) is 13.1. The molecule has 2 heteroatoms. The smallest absolute Gasteiger partial charge is 0.0715 e. The van der Waals surface area contributed by atoms with Gasteiger partial charge in [-0.1, -0.05) is 170 Å². The fourth-order valence-corrected chi connectivity index (χ4v) is 10.5. The van der Waals surface area contributed by atoms with Crippen LogP contribution in [0.15, 0.2) is 218 Å². The van der Waals surface area contributed by atoms with Crippen molar-refractivity contribution in [1.29, 1.82) is 0 Å². The van der Waals surface area contributed by atoms with E-state index < -0.39 is 5.41 Å². The molecule has 2 nitrogen and oxygen atoms in total. The number of rotatable bonds is 6. The SMILES string of the molecule is Cc1ccc2c3ccc(C)cc3n(-c3ccc4c(c3)C(c3ccccc3)(c3ccccc3)c3cc(N(c5cccc6ccccc56)c5cccc6ccccc56)ccc3-4)c2c1. The highest BCUT2D eigenvalue weighted by Crippen LogP contribution is 2.58. The molecule has 0 amide bonds. The van der Waals surface area contributed by atoms with Gasteiger partial charge in [0.05, 0.1) is 27.8 Å². The van der Waals surface area contributed by atoms with Crippen molar-refractivity contribution in [3.8, 4) is 16.8 Å². The van der Waals surface area contributed by atoms with Crippen LogP contribution in [0.25, 0.3) is 60.2 Å². The molecule has 0 atom stereocenters. The van der Waals surface area contributed by atoms with Crippen molar-refractivity contribution in [3.63, 3.8) is 0 Å². The predicted octanol–water partition coefficient (Wildman–Crippen LogP) is 15.5. The molecule has 1 heterocycles. The number of fused-ring (bicyclic) bond motifs is 8. The first-order valence-electron chi connectivity index (χ1n) is 21.3. The van der Waals surface area contributed by atoms with E-state index in [1.54, 1.807) is 0 Å². The van der Waals surface area contributed by atoms with Crippen LogP contribution >= 0.6 is 0 Å².